The first kappa shape index (κ1) is 15.5. The largest absolute Gasteiger partial charge is 0.347 e. The van der Waals surface area contributed by atoms with E-state index in [2.05, 4.69) is 17.6 Å². The van der Waals surface area contributed by atoms with Crippen molar-refractivity contribution in [2.24, 2.45) is 5.92 Å². The van der Waals surface area contributed by atoms with Crippen LogP contribution in [0.15, 0.2) is 0 Å². The van der Waals surface area contributed by atoms with E-state index < -0.39 is 12.5 Å². The van der Waals surface area contributed by atoms with Crippen molar-refractivity contribution in [3.63, 3.8) is 0 Å². The van der Waals surface area contributed by atoms with Gasteiger partial charge in [0, 0.05) is 25.9 Å². The Morgan fingerprint density at radius 1 is 1.35 bits per heavy atom. The van der Waals surface area contributed by atoms with Gasteiger partial charge in [-0.05, 0) is 25.2 Å². The number of halogens is 1. The van der Waals surface area contributed by atoms with Gasteiger partial charge in [0.1, 0.15) is 6.10 Å². The van der Waals surface area contributed by atoms with Gasteiger partial charge in [0.15, 0.2) is 5.79 Å². The van der Waals surface area contributed by atoms with E-state index in [0.717, 1.165) is 31.6 Å². The molecule has 116 valence electrons. The zero-order valence-electron chi connectivity index (χ0n) is 12.1. The molecule has 0 aromatic carbocycles. The van der Waals surface area contributed by atoms with Gasteiger partial charge < -0.3 is 20.1 Å². The zero-order valence-corrected chi connectivity index (χ0v) is 12.1. The number of carbonyl (C=O) groups excluding carboxylic acids is 1. The summed E-state index contributed by atoms with van der Waals surface area (Å²) in [5, 5.41) is 5.33. The SMILES string of the molecule is CC1CCC2(CC1)OCC(CNC(=O)NCCCF)O2. The van der Waals surface area contributed by atoms with E-state index in [1.54, 1.807) is 0 Å². The molecule has 1 aliphatic heterocycles. The average molecular weight is 288 g/mol. The molecule has 2 aliphatic rings. The summed E-state index contributed by atoms with van der Waals surface area (Å²) < 4.78 is 23.7. The second kappa shape index (κ2) is 7.22. The van der Waals surface area contributed by atoms with Crippen LogP contribution < -0.4 is 10.6 Å². The van der Waals surface area contributed by atoms with Crippen LogP contribution in [0.25, 0.3) is 0 Å². The Hall–Kier alpha value is -0.880. The summed E-state index contributed by atoms with van der Waals surface area (Å²) in [6.45, 7) is 3.15. The molecule has 1 unspecified atom stereocenters. The average Bonchev–Trinajstić information content (AvgIpc) is 2.84. The first-order valence-electron chi connectivity index (χ1n) is 7.53. The number of ether oxygens (including phenoxy) is 2. The van der Waals surface area contributed by atoms with Crippen molar-refractivity contribution in [1.82, 2.24) is 10.6 Å². The number of alkyl halides is 1. The summed E-state index contributed by atoms with van der Waals surface area (Å²) in [7, 11) is 0. The first-order chi connectivity index (χ1) is 9.63. The van der Waals surface area contributed by atoms with Crippen LogP contribution in [0.2, 0.25) is 0 Å². The van der Waals surface area contributed by atoms with Crippen molar-refractivity contribution in [2.75, 3.05) is 26.4 Å². The van der Waals surface area contributed by atoms with Gasteiger partial charge in [-0.1, -0.05) is 6.92 Å². The van der Waals surface area contributed by atoms with E-state index in [9.17, 15) is 9.18 Å². The standard InChI is InChI=1S/C14H25FN2O3/c1-11-3-5-14(6-4-11)19-10-12(20-14)9-17-13(18)16-8-2-7-15/h11-12H,2-10H2,1H3,(H2,16,17,18). The molecule has 0 aromatic rings. The van der Waals surface area contributed by atoms with Crippen LogP contribution in [0.4, 0.5) is 9.18 Å². The maximum absolute atomic E-state index is 11.9. The van der Waals surface area contributed by atoms with Crippen LogP contribution in [0.5, 0.6) is 0 Å². The highest BCUT2D eigenvalue weighted by Gasteiger charge is 2.43. The van der Waals surface area contributed by atoms with Gasteiger partial charge in [-0.2, -0.15) is 0 Å². The van der Waals surface area contributed by atoms with Gasteiger partial charge in [0.25, 0.3) is 0 Å². The molecule has 2 amide bonds. The number of urea groups is 1. The molecule has 6 heteroatoms. The summed E-state index contributed by atoms with van der Waals surface area (Å²) in [5.74, 6) is 0.329. The molecule has 1 atom stereocenters. The predicted octanol–water partition coefficient (Wildman–Crippen LogP) is 1.97. The van der Waals surface area contributed by atoms with E-state index in [1.807, 2.05) is 0 Å². The molecule has 2 N–H and O–H groups in total. The fourth-order valence-corrected chi connectivity index (χ4v) is 2.72. The summed E-state index contributed by atoms with van der Waals surface area (Å²) in [6.07, 6.45) is 4.39. The van der Waals surface area contributed by atoms with Gasteiger partial charge in [0.2, 0.25) is 0 Å². The monoisotopic (exact) mass is 288 g/mol. The Morgan fingerprint density at radius 2 is 2.10 bits per heavy atom. The Balaban J connectivity index is 1.65. The lowest BCUT2D eigenvalue weighted by Crippen LogP contribution is -2.42. The third-order valence-corrected chi connectivity index (χ3v) is 4.04. The van der Waals surface area contributed by atoms with Crippen LogP contribution in [0.1, 0.15) is 39.0 Å². The summed E-state index contributed by atoms with van der Waals surface area (Å²) in [5.41, 5.74) is 0. The Labute approximate surface area is 119 Å². The van der Waals surface area contributed by atoms with Crippen molar-refractivity contribution in [3.8, 4) is 0 Å². The number of carbonyl (C=O) groups is 1. The van der Waals surface area contributed by atoms with Crippen LogP contribution >= 0.6 is 0 Å². The minimum absolute atomic E-state index is 0.0877. The number of amides is 2. The molecule has 0 aromatic heterocycles. The molecule has 0 bridgehead atoms. The molecule has 20 heavy (non-hydrogen) atoms. The van der Waals surface area contributed by atoms with Crippen LogP contribution in [-0.2, 0) is 9.47 Å². The van der Waals surface area contributed by atoms with Gasteiger partial charge >= 0.3 is 6.03 Å². The number of rotatable bonds is 5. The highest BCUT2D eigenvalue weighted by molar-refractivity contribution is 5.73. The van der Waals surface area contributed by atoms with E-state index in [1.165, 1.54) is 0 Å². The molecular formula is C14H25FN2O3. The third kappa shape index (κ3) is 4.31. The minimum atomic E-state index is -0.416. The summed E-state index contributed by atoms with van der Waals surface area (Å²) in [6, 6.07) is -0.278. The van der Waals surface area contributed by atoms with Crippen LogP contribution in [-0.4, -0.2) is 44.3 Å². The molecule has 1 aliphatic carbocycles. The van der Waals surface area contributed by atoms with Crippen LogP contribution in [0.3, 0.4) is 0 Å². The number of nitrogens with one attached hydrogen (secondary N) is 2. The van der Waals surface area contributed by atoms with Gasteiger partial charge in [-0.3, -0.25) is 4.39 Å². The second-order valence-corrected chi connectivity index (χ2v) is 5.82. The van der Waals surface area contributed by atoms with Crippen molar-refractivity contribution in [1.29, 1.82) is 0 Å². The van der Waals surface area contributed by atoms with Gasteiger partial charge in [0.05, 0.1) is 13.3 Å². The molecule has 1 heterocycles. The second-order valence-electron chi connectivity index (χ2n) is 5.82. The maximum Gasteiger partial charge on any atom is 0.314 e. The van der Waals surface area contributed by atoms with E-state index in [4.69, 9.17) is 9.47 Å². The molecular weight excluding hydrogens is 263 g/mol. The lowest BCUT2D eigenvalue weighted by molar-refractivity contribution is -0.191. The van der Waals surface area contributed by atoms with E-state index >= 15 is 0 Å². The molecule has 2 fully saturated rings. The zero-order chi connectivity index (χ0) is 14.4. The number of hydrogen-bond donors (Lipinski definition) is 2. The first-order valence-corrected chi connectivity index (χ1v) is 7.53. The van der Waals surface area contributed by atoms with Crippen molar-refractivity contribution >= 4 is 6.03 Å². The molecule has 0 radical (unpaired) electrons. The van der Waals surface area contributed by atoms with Gasteiger partial charge in [-0.25, -0.2) is 4.79 Å². The Morgan fingerprint density at radius 3 is 2.80 bits per heavy atom. The topological polar surface area (TPSA) is 59.6 Å². The highest BCUT2D eigenvalue weighted by atomic mass is 19.1. The Kier molecular flexibility index (Phi) is 5.60. The Bertz CT molecular complexity index is 320. The fourth-order valence-electron chi connectivity index (χ4n) is 2.72. The smallest absolute Gasteiger partial charge is 0.314 e. The third-order valence-electron chi connectivity index (χ3n) is 4.04. The summed E-state index contributed by atoms with van der Waals surface area (Å²) in [4.78, 5) is 11.4. The normalized spacial score (nSPS) is 33.3. The molecule has 1 saturated carbocycles. The minimum Gasteiger partial charge on any atom is -0.347 e. The maximum atomic E-state index is 11.9. The lowest BCUT2D eigenvalue weighted by Gasteiger charge is -2.34. The van der Waals surface area contributed by atoms with Crippen molar-refractivity contribution in [2.45, 2.75) is 50.9 Å². The number of hydrogen-bond acceptors (Lipinski definition) is 3. The van der Waals surface area contributed by atoms with Crippen LogP contribution in [0, 0.1) is 5.92 Å². The fraction of sp³-hybridized carbons (Fsp3) is 0.929. The van der Waals surface area contributed by atoms with E-state index in [0.29, 0.717) is 26.1 Å². The van der Waals surface area contributed by atoms with Crippen molar-refractivity contribution in [3.05, 3.63) is 0 Å². The van der Waals surface area contributed by atoms with Gasteiger partial charge in [-0.15, -0.1) is 0 Å². The highest BCUT2D eigenvalue weighted by Crippen LogP contribution is 2.39. The predicted molar refractivity (Wildman–Crippen MR) is 73.2 cm³/mol. The molecule has 5 nitrogen and oxygen atoms in total. The lowest BCUT2D eigenvalue weighted by atomic mass is 9.86. The molecule has 2 rings (SSSR count). The molecule has 1 saturated heterocycles. The summed E-state index contributed by atoms with van der Waals surface area (Å²) >= 11 is 0. The van der Waals surface area contributed by atoms with E-state index in [-0.39, 0.29) is 12.1 Å². The molecule has 1 spiro atoms. The van der Waals surface area contributed by atoms with Crippen molar-refractivity contribution < 1.29 is 18.7 Å². The quantitative estimate of drug-likeness (QED) is 0.760.